The molecule has 4 heteroatoms. The fraction of sp³-hybridized carbons (Fsp3) is 0.381. The molecule has 0 bridgehead atoms. The molecule has 1 fully saturated rings. The van der Waals surface area contributed by atoms with Crippen LogP contribution in [0.25, 0.3) is 0 Å². The highest BCUT2D eigenvalue weighted by molar-refractivity contribution is 5.86. The second kappa shape index (κ2) is 7.28. The summed E-state index contributed by atoms with van der Waals surface area (Å²) in [6.45, 7) is 4.31. The van der Waals surface area contributed by atoms with Crippen LogP contribution in [0.3, 0.4) is 0 Å². The summed E-state index contributed by atoms with van der Waals surface area (Å²) in [5.74, 6) is 0.266. The Morgan fingerprint density at radius 2 is 1.68 bits per heavy atom. The van der Waals surface area contributed by atoms with Gasteiger partial charge in [-0.25, -0.2) is 0 Å². The van der Waals surface area contributed by atoms with Crippen molar-refractivity contribution in [3.63, 3.8) is 0 Å². The van der Waals surface area contributed by atoms with Gasteiger partial charge in [0, 0.05) is 44.8 Å². The second-order valence-corrected chi connectivity index (χ2v) is 6.85. The van der Waals surface area contributed by atoms with Crippen molar-refractivity contribution in [2.45, 2.75) is 18.9 Å². The van der Waals surface area contributed by atoms with Gasteiger partial charge in [0.2, 0.25) is 5.91 Å². The van der Waals surface area contributed by atoms with E-state index in [4.69, 9.17) is 0 Å². The second-order valence-electron chi connectivity index (χ2n) is 6.85. The van der Waals surface area contributed by atoms with E-state index in [0.29, 0.717) is 0 Å². The molecule has 0 radical (unpaired) electrons. The first-order chi connectivity index (χ1) is 12.3. The number of nitrogens with one attached hydrogen (secondary N) is 1. The van der Waals surface area contributed by atoms with E-state index in [1.807, 2.05) is 11.0 Å². The number of nitrogens with zero attached hydrogens (tertiary/aromatic N) is 2. The van der Waals surface area contributed by atoms with E-state index < -0.39 is 0 Å². The van der Waals surface area contributed by atoms with E-state index >= 15 is 0 Å². The fourth-order valence-electron chi connectivity index (χ4n) is 3.95. The van der Waals surface area contributed by atoms with Gasteiger partial charge in [0.1, 0.15) is 6.04 Å². The molecule has 2 aliphatic heterocycles. The molecule has 2 aromatic rings. The van der Waals surface area contributed by atoms with Crippen LogP contribution in [0.2, 0.25) is 0 Å². The highest BCUT2D eigenvalue weighted by Gasteiger charge is 2.34. The number of piperazine rings is 1. The van der Waals surface area contributed by atoms with E-state index in [1.54, 1.807) is 0 Å². The van der Waals surface area contributed by atoms with Crippen molar-refractivity contribution >= 4 is 11.6 Å². The van der Waals surface area contributed by atoms with Gasteiger partial charge in [-0.1, -0.05) is 48.5 Å². The van der Waals surface area contributed by atoms with Gasteiger partial charge in [-0.2, -0.15) is 0 Å². The minimum atomic E-state index is -0.121. The molecule has 2 aromatic carbocycles. The van der Waals surface area contributed by atoms with Crippen molar-refractivity contribution in [3.05, 3.63) is 65.7 Å². The number of hydrogen-bond donors (Lipinski definition) is 1. The number of fused-ring (bicyclic) bond motifs is 1. The SMILES string of the molecule is O=C(C(Cc1ccccc1)N1CCc2ccccc21)N1CCNCC1. The zero-order valence-electron chi connectivity index (χ0n) is 14.5. The number of rotatable bonds is 4. The molecule has 130 valence electrons. The molecular formula is C21H25N3O. The molecule has 2 aliphatic rings. The molecule has 1 N–H and O–H groups in total. The zero-order valence-corrected chi connectivity index (χ0v) is 14.5. The van der Waals surface area contributed by atoms with Crippen molar-refractivity contribution in [2.75, 3.05) is 37.6 Å². The Kier molecular flexibility index (Phi) is 4.70. The molecule has 4 nitrogen and oxygen atoms in total. The standard InChI is InChI=1S/C21H25N3O/c25-21(23-14-11-22-12-15-23)20(16-17-6-2-1-3-7-17)24-13-10-18-8-4-5-9-19(18)24/h1-9,20,22H,10-16H2. The van der Waals surface area contributed by atoms with Gasteiger partial charge in [0.05, 0.1) is 0 Å². The largest absolute Gasteiger partial charge is 0.359 e. The Labute approximate surface area is 149 Å². The van der Waals surface area contributed by atoms with Gasteiger partial charge >= 0.3 is 0 Å². The van der Waals surface area contributed by atoms with Crippen LogP contribution in [-0.2, 0) is 17.6 Å². The summed E-state index contributed by atoms with van der Waals surface area (Å²) in [5.41, 5.74) is 3.81. The van der Waals surface area contributed by atoms with Crippen molar-refractivity contribution in [1.82, 2.24) is 10.2 Å². The molecule has 1 saturated heterocycles. The third kappa shape index (κ3) is 3.40. The Morgan fingerprint density at radius 3 is 2.48 bits per heavy atom. The molecule has 1 unspecified atom stereocenters. The Balaban J connectivity index is 1.63. The van der Waals surface area contributed by atoms with Crippen LogP contribution in [0.5, 0.6) is 0 Å². The first-order valence-electron chi connectivity index (χ1n) is 9.21. The first kappa shape index (κ1) is 16.2. The van der Waals surface area contributed by atoms with Gasteiger partial charge in [0.25, 0.3) is 0 Å². The van der Waals surface area contributed by atoms with Gasteiger partial charge in [0.15, 0.2) is 0 Å². The summed E-state index contributed by atoms with van der Waals surface area (Å²) in [4.78, 5) is 17.7. The van der Waals surface area contributed by atoms with Crippen LogP contribution < -0.4 is 10.2 Å². The van der Waals surface area contributed by atoms with Crippen LogP contribution in [-0.4, -0.2) is 49.6 Å². The lowest BCUT2D eigenvalue weighted by Gasteiger charge is -2.36. The first-order valence-corrected chi connectivity index (χ1v) is 9.21. The van der Waals surface area contributed by atoms with Crippen LogP contribution in [0.15, 0.2) is 54.6 Å². The van der Waals surface area contributed by atoms with Crippen molar-refractivity contribution < 1.29 is 4.79 Å². The van der Waals surface area contributed by atoms with Crippen LogP contribution in [0, 0.1) is 0 Å². The molecule has 25 heavy (non-hydrogen) atoms. The third-order valence-corrected chi connectivity index (χ3v) is 5.28. The average molecular weight is 335 g/mol. The fourth-order valence-corrected chi connectivity index (χ4v) is 3.95. The molecule has 1 atom stereocenters. The molecule has 0 saturated carbocycles. The Hall–Kier alpha value is -2.33. The number of amides is 1. The van der Waals surface area contributed by atoms with Crippen LogP contribution in [0.1, 0.15) is 11.1 Å². The summed E-state index contributed by atoms with van der Waals surface area (Å²) >= 11 is 0. The lowest BCUT2D eigenvalue weighted by atomic mass is 10.0. The van der Waals surface area contributed by atoms with Gasteiger partial charge < -0.3 is 15.1 Å². The van der Waals surface area contributed by atoms with E-state index in [-0.39, 0.29) is 11.9 Å². The maximum atomic E-state index is 13.4. The molecule has 2 heterocycles. The van der Waals surface area contributed by atoms with Gasteiger partial charge in [-0.15, -0.1) is 0 Å². The topological polar surface area (TPSA) is 35.6 Å². The average Bonchev–Trinajstić information content (AvgIpc) is 3.11. The third-order valence-electron chi connectivity index (χ3n) is 5.28. The maximum absolute atomic E-state index is 13.4. The predicted molar refractivity (Wildman–Crippen MR) is 101 cm³/mol. The van der Waals surface area contributed by atoms with E-state index in [1.165, 1.54) is 16.8 Å². The summed E-state index contributed by atoms with van der Waals surface area (Å²) in [6, 6.07) is 18.8. The molecular weight excluding hydrogens is 310 g/mol. The number of benzene rings is 2. The normalized spacial score (nSPS) is 18.1. The van der Waals surface area contributed by atoms with Gasteiger partial charge in [-0.3, -0.25) is 4.79 Å². The number of hydrogen-bond acceptors (Lipinski definition) is 3. The minimum Gasteiger partial charge on any atom is -0.359 e. The van der Waals surface area contributed by atoms with Gasteiger partial charge in [-0.05, 0) is 23.6 Å². The van der Waals surface area contributed by atoms with Crippen molar-refractivity contribution in [2.24, 2.45) is 0 Å². The molecule has 0 spiro atoms. The summed E-state index contributed by atoms with van der Waals surface area (Å²) in [7, 11) is 0. The number of anilines is 1. The predicted octanol–water partition coefficient (Wildman–Crippen LogP) is 2.09. The molecule has 4 rings (SSSR count). The summed E-state index contributed by atoms with van der Waals surface area (Å²) in [5, 5.41) is 3.34. The smallest absolute Gasteiger partial charge is 0.245 e. The highest BCUT2D eigenvalue weighted by Crippen LogP contribution is 2.31. The summed E-state index contributed by atoms with van der Waals surface area (Å²) < 4.78 is 0. The quantitative estimate of drug-likeness (QED) is 0.929. The lowest BCUT2D eigenvalue weighted by molar-refractivity contribution is -0.133. The minimum absolute atomic E-state index is 0.121. The Morgan fingerprint density at radius 1 is 0.960 bits per heavy atom. The number of carbonyl (C=O) groups is 1. The van der Waals surface area contributed by atoms with Crippen LogP contribution >= 0.6 is 0 Å². The Bertz CT molecular complexity index is 725. The van der Waals surface area contributed by atoms with Crippen molar-refractivity contribution in [3.8, 4) is 0 Å². The monoisotopic (exact) mass is 335 g/mol. The maximum Gasteiger partial charge on any atom is 0.245 e. The van der Waals surface area contributed by atoms with Crippen LogP contribution in [0.4, 0.5) is 5.69 Å². The molecule has 0 aromatic heterocycles. The number of para-hydroxylation sites is 1. The van der Waals surface area contributed by atoms with E-state index in [9.17, 15) is 4.79 Å². The van der Waals surface area contributed by atoms with E-state index in [0.717, 1.165) is 45.6 Å². The highest BCUT2D eigenvalue weighted by atomic mass is 16.2. The van der Waals surface area contributed by atoms with E-state index in [2.05, 4.69) is 58.7 Å². The summed E-state index contributed by atoms with van der Waals surface area (Å²) in [6.07, 6.45) is 1.79. The molecule has 0 aliphatic carbocycles. The number of carbonyl (C=O) groups excluding carboxylic acids is 1. The van der Waals surface area contributed by atoms with Crippen molar-refractivity contribution in [1.29, 1.82) is 0 Å². The lowest BCUT2D eigenvalue weighted by Crippen LogP contribution is -2.54. The zero-order chi connectivity index (χ0) is 17.1. The molecule has 1 amide bonds.